The Kier molecular flexibility index (Phi) is 7.04. The molecule has 1 heterocycles. The second kappa shape index (κ2) is 9.49. The minimum atomic E-state index is -3.46. The summed E-state index contributed by atoms with van der Waals surface area (Å²) in [6.45, 7) is 4.62. The number of hydrogen-bond acceptors (Lipinski definition) is 4. The van der Waals surface area contributed by atoms with Gasteiger partial charge in [0.25, 0.3) is 0 Å². The molecule has 3 rings (SSSR count). The molecule has 0 unspecified atom stereocenters. The lowest BCUT2D eigenvalue weighted by Crippen LogP contribution is -2.44. The Morgan fingerprint density at radius 3 is 2.39 bits per heavy atom. The van der Waals surface area contributed by atoms with Crippen molar-refractivity contribution in [1.82, 2.24) is 9.62 Å². The third-order valence-electron chi connectivity index (χ3n) is 5.01. The number of halogens is 1. The molecule has 2 aromatic carbocycles. The van der Waals surface area contributed by atoms with Crippen molar-refractivity contribution in [1.29, 1.82) is 0 Å². The SMILES string of the molecule is CN1CCN(c2ccc(CCCNS(=O)(=O)Cc3cccc(F)c3)cc2)CC1. The molecule has 7 heteroatoms. The van der Waals surface area contributed by atoms with Crippen LogP contribution in [0.15, 0.2) is 48.5 Å². The summed E-state index contributed by atoms with van der Waals surface area (Å²) >= 11 is 0. The molecule has 28 heavy (non-hydrogen) atoms. The van der Waals surface area contributed by atoms with Crippen LogP contribution >= 0.6 is 0 Å². The molecule has 0 aromatic heterocycles. The zero-order valence-electron chi connectivity index (χ0n) is 16.3. The molecule has 0 radical (unpaired) electrons. The molecule has 5 nitrogen and oxygen atoms in total. The number of nitrogens with zero attached hydrogens (tertiary/aromatic N) is 2. The minimum Gasteiger partial charge on any atom is -0.369 e. The van der Waals surface area contributed by atoms with Gasteiger partial charge in [-0.3, -0.25) is 0 Å². The van der Waals surface area contributed by atoms with Gasteiger partial charge in [-0.1, -0.05) is 24.3 Å². The van der Waals surface area contributed by atoms with E-state index in [9.17, 15) is 12.8 Å². The van der Waals surface area contributed by atoms with Gasteiger partial charge < -0.3 is 9.80 Å². The maximum Gasteiger partial charge on any atom is 0.215 e. The summed E-state index contributed by atoms with van der Waals surface area (Å²) in [5.74, 6) is -0.627. The van der Waals surface area contributed by atoms with Gasteiger partial charge in [0.15, 0.2) is 0 Å². The van der Waals surface area contributed by atoms with Crippen molar-refractivity contribution < 1.29 is 12.8 Å². The monoisotopic (exact) mass is 405 g/mol. The van der Waals surface area contributed by atoms with Crippen LogP contribution in [-0.4, -0.2) is 53.1 Å². The first-order chi connectivity index (χ1) is 13.4. The lowest BCUT2D eigenvalue weighted by atomic mass is 10.1. The Hall–Kier alpha value is -1.96. The summed E-state index contributed by atoms with van der Waals surface area (Å²) in [6, 6.07) is 14.2. The van der Waals surface area contributed by atoms with Crippen molar-refractivity contribution in [2.45, 2.75) is 18.6 Å². The Labute approximate surface area is 167 Å². The summed E-state index contributed by atoms with van der Waals surface area (Å²) in [7, 11) is -1.31. The Bertz CT molecular complexity index is 863. The molecule has 0 saturated carbocycles. The van der Waals surface area contributed by atoms with E-state index in [-0.39, 0.29) is 5.75 Å². The van der Waals surface area contributed by atoms with Crippen LogP contribution in [0.5, 0.6) is 0 Å². The number of rotatable bonds is 8. The number of hydrogen-bond donors (Lipinski definition) is 1. The highest BCUT2D eigenvalue weighted by Gasteiger charge is 2.14. The van der Waals surface area contributed by atoms with E-state index in [1.165, 1.54) is 29.4 Å². The van der Waals surface area contributed by atoms with Gasteiger partial charge in [0.05, 0.1) is 5.75 Å². The van der Waals surface area contributed by atoms with Crippen LogP contribution in [0.3, 0.4) is 0 Å². The molecule has 0 atom stereocenters. The van der Waals surface area contributed by atoms with Gasteiger partial charge in [0.2, 0.25) is 10.0 Å². The van der Waals surface area contributed by atoms with Crippen molar-refractivity contribution in [2.24, 2.45) is 0 Å². The summed E-state index contributed by atoms with van der Waals surface area (Å²) in [4.78, 5) is 4.73. The van der Waals surface area contributed by atoms with E-state index in [0.29, 0.717) is 12.1 Å². The zero-order chi connectivity index (χ0) is 20.0. The first-order valence-corrected chi connectivity index (χ1v) is 11.3. The van der Waals surface area contributed by atoms with Crippen molar-refractivity contribution in [2.75, 3.05) is 44.7 Å². The molecule has 0 bridgehead atoms. The van der Waals surface area contributed by atoms with E-state index < -0.39 is 15.8 Å². The number of sulfonamides is 1. The standard InChI is InChI=1S/C21H28FN3O2S/c1-24-12-14-25(15-13-24)21-9-7-18(8-10-21)5-3-11-23-28(26,27)17-19-4-2-6-20(22)16-19/h2,4,6-10,16,23H,3,5,11-15,17H2,1H3. The molecular formula is C21H28FN3O2S. The van der Waals surface area contributed by atoms with E-state index in [2.05, 4.69) is 45.8 Å². The van der Waals surface area contributed by atoms with Crippen LogP contribution in [0.25, 0.3) is 0 Å². The van der Waals surface area contributed by atoms with Gasteiger partial charge >= 0.3 is 0 Å². The van der Waals surface area contributed by atoms with Gasteiger partial charge in [0, 0.05) is 38.4 Å². The number of anilines is 1. The Balaban J connectivity index is 1.42. The van der Waals surface area contributed by atoms with Gasteiger partial charge in [-0.2, -0.15) is 0 Å². The fourth-order valence-corrected chi connectivity index (χ4v) is 4.53. The molecule has 0 amide bonds. The van der Waals surface area contributed by atoms with E-state index in [1.807, 2.05) is 0 Å². The highest BCUT2D eigenvalue weighted by Crippen LogP contribution is 2.17. The molecule has 0 aliphatic carbocycles. The topological polar surface area (TPSA) is 52.6 Å². The van der Waals surface area contributed by atoms with Crippen molar-refractivity contribution >= 4 is 15.7 Å². The first-order valence-electron chi connectivity index (χ1n) is 9.65. The van der Waals surface area contributed by atoms with Crippen LogP contribution in [0, 0.1) is 5.82 Å². The number of aryl methyl sites for hydroxylation is 1. The van der Waals surface area contributed by atoms with Gasteiger partial charge in [-0.25, -0.2) is 17.5 Å². The number of nitrogens with one attached hydrogen (secondary N) is 1. The lowest BCUT2D eigenvalue weighted by molar-refractivity contribution is 0.313. The summed E-state index contributed by atoms with van der Waals surface area (Å²) in [5, 5.41) is 0. The third kappa shape index (κ3) is 6.29. The number of likely N-dealkylation sites (N-methyl/N-ethyl adjacent to an activating group) is 1. The molecule has 1 saturated heterocycles. The van der Waals surface area contributed by atoms with E-state index in [0.717, 1.165) is 39.0 Å². The smallest absolute Gasteiger partial charge is 0.215 e. The van der Waals surface area contributed by atoms with Crippen molar-refractivity contribution in [3.8, 4) is 0 Å². The van der Waals surface area contributed by atoms with Crippen LogP contribution in [-0.2, 0) is 22.2 Å². The van der Waals surface area contributed by atoms with E-state index in [4.69, 9.17) is 0 Å². The van der Waals surface area contributed by atoms with Crippen LogP contribution < -0.4 is 9.62 Å². The van der Waals surface area contributed by atoms with Crippen molar-refractivity contribution in [3.05, 3.63) is 65.5 Å². The normalized spacial score (nSPS) is 15.7. The highest BCUT2D eigenvalue weighted by atomic mass is 32.2. The van der Waals surface area contributed by atoms with Crippen LogP contribution in [0.2, 0.25) is 0 Å². The summed E-state index contributed by atoms with van der Waals surface area (Å²) in [5.41, 5.74) is 2.89. The van der Waals surface area contributed by atoms with Crippen LogP contribution in [0.1, 0.15) is 17.5 Å². The third-order valence-corrected chi connectivity index (χ3v) is 6.37. The Morgan fingerprint density at radius 2 is 1.71 bits per heavy atom. The molecule has 1 aliphatic heterocycles. The molecule has 1 aliphatic rings. The highest BCUT2D eigenvalue weighted by molar-refractivity contribution is 7.88. The summed E-state index contributed by atoms with van der Waals surface area (Å²) in [6.07, 6.45) is 1.53. The van der Waals surface area contributed by atoms with E-state index in [1.54, 1.807) is 6.07 Å². The second-order valence-corrected chi connectivity index (χ2v) is 9.15. The largest absolute Gasteiger partial charge is 0.369 e. The average Bonchev–Trinajstić information content (AvgIpc) is 2.66. The minimum absolute atomic E-state index is 0.204. The molecular weight excluding hydrogens is 377 g/mol. The first kappa shape index (κ1) is 20.8. The fourth-order valence-electron chi connectivity index (χ4n) is 3.36. The molecule has 0 spiro atoms. The van der Waals surface area contributed by atoms with Gasteiger partial charge in [-0.15, -0.1) is 0 Å². The Morgan fingerprint density at radius 1 is 1.00 bits per heavy atom. The van der Waals surface area contributed by atoms with Crippen molar-refractivity contribution in [3.63, 3.8) is 0 Å². The fraction of sp³-hybridized carbons (Fsp3) is 0.429. The predicted molar refractivity (Wildman–Crippen MR) is 111 cm³/mol. The van der Waals surface area contributed by atoms with Gasteiger partial charge in [-0.05, 0) is 55.3 Å². The zero-order valence-corrected chi connectivity index (χ0v) is 17.1. The second-order valence-electron chi connectivity index (χ2n) is 7.34. The maximum atomic E-state index is 13.2. The van der Waals surface area contributed by atoms with E-state index >= 15 is 0 Å². The maximum absolute atomic E-state index is 13.2. The number of piperazine rings is 1. The summed E-state index contributed by atoms with van der Waals surface area (Å²) < 4.78 is 40.0. The predicted octanol–water partition coefficient (Wildman–Crippen LogP) is 2.63. The number of benzene rings is 2. The molecule has 152 valence electrons. The lowest BCUT2D eigenvalue weighted by Gasteiger charge is -2.34. The molecule has 2 aromatic rings. The van der Waals surface area contributed by atoms with Gasteiger partial charge in [0.1, 0.15) is 5.82 Å². The molecule has 1 N–H and O–H groups in total. The molecule has 1 fully saturated rings. The van der Waals surface area contributed by atoms with Crippen LogP contribution in [0.4, 0.5) is 10.1 Å². The quantitative estimate of drug-likeness (QED) is 0.686. The average molecular weight is 406 g/mol.